The smallest absolute Gasteiger partial charge is 0.235 e. The number of likely N-dealkylation sites (N-methyl/N-ethyl adjacent to an activating group) is 1. The lowest BCUT2D eigenvalue weighted by molar-refractivity contribution is -0.130. The molecule has 0 heterocycles. The summed E-state index contributed by atoms with van der Waals surface area (Å²) in [7, 11) is 1.57. The number of aliphatic hydroxyl groups excluding tert-OH is 4. The molecule has 0 bridgehead atoms. The van der Waals surface area contributed by atoms with E-state index in [0.29, 0.717) is 0 Å². The summed E-state index contributed by atoms with van der Waals surface area (Å²) in [6.45, 7) is 3.09. The molecule has 8 heteroatoms. The Hall–Kier alpha value is -1.37. The zero-order valence-corrected chi connectivity index (χ0v) is 13.1. The van der Waals surface area contributed by atoms with Gasteiger partial charge in [0.2, 0.25) is 5.91 Å². The molecule has 0 radical (unpaired) electrons. The van der Waals surface area contributed by atoms with Crippen molar-refractivity contribution in [1.29, 1.82) is 0 Å². The van der Waals surface area contributed by atoms with Crippen LogP contribution in [0.3, 0.4) is 0 Å². The number of hydrogen-bond acceptors (Lipinski definition) is 7. The molecule has 0 aromatic heterocycles. The Kier molecular flexibility index (Phi) is 9.01. The van der Waals surface area contributed by atoms with Gasteiger partial charge in [0.15, 0.2) is 0 Å². The molecule has 6 N–H and O–H groups in total. The van der Waals surface area contributed by atoms with E-state index in [2.05, 4.69) is 4.74 Å². The first kappa shape index (κ1) is 20.6. The van der Waals surface area contributed by atoms with Crippen LogP contribution in [-0.4, -0.2) is 81.9 Å². The van der Waals surface area contributed by atoms with Gasteiger partial charge in [-0.2, -0.15) is 0 Å². The molecule has 0 fully saturated rings. The van der Waals surface area contributed by atoms with Gasteiger partial charge >= 0.3 is 0 Å². The van der Waals surface area contributed by atoms with E-state index in [1.54, 1.807) is 20.9 Å². The lowest BCUT2D eigenvalue weighted by Gasteiger charge is -2.33. The monoisotopic (exact) mass is 318 g/mol. The van der Waals surface area contributed by atoms with E-state index in [9.17, 15) is 25.2 Å². The molecule has 5 unspecified atom stereocenters. The maximum absolute atomic E-state index is 11.4. The van der Waals surface area contributed by atoms with E-state index in [1.807, 2.05) is 6.11 Å². The Balaban J connectivity index is 4.66. The lowest BCUT2D eigenvalue weighted by atomic mass is 9.99. The molecule has 0 aromatic rings. The lowest BCUT2D eigenvalue weighted by Crippen LogP contribution is -2.53. The minimum atomic E-state index is -1.65. The van der Waals surface area contributed by atoms with Crippen molar-refractivity contribution in [3.05, 3.63) is 0 Å². The van der Waals surface area contributed by atoms with E-state index in [4.69, 9.17) is 12.2 Å². The zero-order valence-electron chi connectivity index (χ0n) is 13.1. The average molecular weight is 318 g/mol. The first-order valence-electron chi connectivity index (χ1n) is 6.92. The molecular formula is C14H26N2O6. The normalized spacial score (nSPS) is 18.4. The fourth-order valence-electron chi connectivity index (χ4n) is 2.26. The standard InChI is InChI=1S/C14H26N2O6/c1-5-22-7-10(18)13(20)12(19)9(17)6-16(4)11(8(2)3)14(15)21/h1,8-13,17-20H,6-7H2,2-4H3,(H2,15,21). The summed E-state index contributed by atoms with van der Waals surface area (Å²) < 4.78 is 4.48. The van der Waals surface area contributed by atoms with Crippen molar-refractivity contribution >= 4 is 5.91 Å². The molecule has 128 valence electrons. The zero-order chi connectivity index (χ0) is 17.4. The van der Waals surface area contributed by atoms with Crippen molar-refractivity contribution in [2.75, 3.05) is 20.2 Å². The molecule has 0 rings (SSSR count). The molecule has 8 nitrogen and oxygen atoms in total. The van der Waals surface area contributed by atoms with Crippen molar-refractivity contribution in [2.24, 2.45) is 11.7 Å². The number of primary amides is 1. The predicted molar refractivity (Wildman–Crippen MR) is 79.3 cm³/mol. The summed E-state index contributed by atoms with van der Waals surface area (Å²) in [6, 6.07) is -0.631. The number of rotatable bonds is 10. The van der Waals surface area contributed by atoms with Gasteiger partial charge in [0.1, 0.15) is 31.0 Å². The summed E-state index contributed by atoms with van der Waals surface area (Å²) in [5.41, 5.74) is 5.30. The number of hydrogen-bond donors (Lipinski definition) is 5. The Morgan fingerprint density at radius 2 is 1.73 bits per heavy atom. The van der Waals surface area contributed by atoms with Crippen LogP contribution in [0.2, 0.25) is 0 Å². The van der Waals surface area contributed by atoms with Gasteiger partial charge in [-0.3, -0.25) is 9.69 Å². The van der Waals surface area contributed by atoms with Gasteiger partial charge in [-0.1, -0.05) is 20.3 Å². The minimum Gasteiger partial charge on any atom is -0.444 e. The summed E-state index contributed by atoms with van der Waals surface area (Å²) in [5.74, 6) is -0.645. The largest absolute Gasteiger partial charge is 0.444 e. The molecule has 1 amide bonds. The molecule has 0 spiro atoms. The van der Waals surface area contributed by atoms with Crippen LogP contribution in [0.4, 0.5) is 0 Å². The number of terminal acetylenes is 1. The third kappa shape index (κ3) is 6.17. The molecule has 0 saturated heterocycles. The van der Waals surface area contributed by atoms with E-state index >= 15 is 0 Å². The van der Waals surface area contributed by atoms with Crippen molar-refractivity contribution in [3.63, 3.8) is 0 Å². The molecule has 0 saturated carbocycles. The van der Waals surface area contributed by atoms with Crippen molar-refractivity contribution in [3.8, 4) is 12.5 Å². The molecule has 0 aliphatic carbocycles. The highest BCUT2D eigenvalue weighted by atomic mass is 16.5. The Morgan fingerprint density at radius 1 is 1.23 bits per heavy atom. The van der Waals surface area contributed by atoms with Gasteiger partial charge in [0.25, 0.3) is 0 Å². The third-order valence-electron chi connectivity index (χ3n) is 3.35. The molecular weight excluding hydrogens is 292 g/mol. The highest BCUT2D eigenvalue weighted by molar-refractivity contribution is 5.80. The summed E-state index contributed by atoms with van der Waals surface area (Å²) in [5, 5.41) is 39.1. The van der Waals surface area contributed by atoms with Crippen LogP contribution in [-0.2, 0) is 9.53 Å². The molecule has 5 atom stereocenters. The molecule has 0 aromatic carbocycles. The Bertz CT molecular complexity index is 384. The first-order valence-corrected chi connectivity index (χ1v) is 6.92. The first-order chi connectivity index (χ1) is 10.1. The van der Waals surface area contributed by atoms with Gasteiger partial charge in [-0.15, -0.1) is 0 Å². The van der Waals surface area contributed by atoms with Crippen LogP contribution in [0.15, 0.2) is 0 Å². The number of amides is 1. The summed E-state index contributed by atoms with van der Waals surface area (Å²) in [4.78, 5) is 12.9. The predicted octanol–water partition coefficient (Wildman–Crippen LogP) is -2.52. The maximum Gasteiger partial charge on any atom is 0.235 e. The molecule has 0 aliphatic rings. The van der Waals surface area contributed by atoms with E-state index in [1.165, 1.54) is 4.90 Å². The molecule has 22 heavy (non-hydrogen) atoms. The van der Waals surface area contributed by atoms with Crippen LogP contribution in [0.5, 0.6) is 0 Å². The van der Waals surface area contributed by atoms with Crippen LogP contribution < -0.4 is 5.73 Å². The van der Waals surface area contributed by atoms with Gasteiger partial charge < -0.3 is 30.9 Å². The second-order valence-corrected chi connectivity index (χ2v) is 5.58. The van der Waals surface area contributed by atoms with Gasteiger partial charge in [-0.25, -0.2) is 0 Å². The van der Waals surface area contributed by atoms with E-state index < -0.39 is 36.4 Å². The number of ether oxygens (including phenoxy) is 1. The summed E-state index contributed by atoms with van der Waals surface area (Å²) in [6.07, 6.45) is 0.513. The fraction of sp³-hybridized carbons (Fsp3) is 0.786. The molecule has 0 aliphatic heterocycles. The van der Waals surface area contributed by atoms with Crippen LogP contribution in [0, 0.1) is 18.4 Å². The van der Waals surface area contributed by atoms with Crippen LogP contribution in [0.25, 0.3) is 0 Å². The number of nitrogens with zero attached hydrogens (tertiary/aromatic N) is 1. The van der Waals surface area contributed by atoms with Crippen molar-refractivity contribution < 1.29 is 30.0 Å². The third-order valence-corrected chi connectivity index (χ3v) is 3.35. The minimum absolute atomic E-state index is 0.0913. The fourth-order valence-corrected chi connectivity index (χ4v) is 2.26. The topological polar surface area (TPSA) is 136 Å². The highest BCUT2D eigenvalue weighted by Gasteiger charge is 2.33. The quantitative estimate of drug-likeness (QED) is 0.280. The number of aliphatic hydroxyl groups is 4. The Morgan fingerprint density at radius 3 is 2.14 bits per heavy atom. The summed E-state index contributed by atoms with van der Waals surface area (Å²) >= 11 is 0. The van der Waals surface area contributed by atoms with Crippen molar-refractivity contribution in [2.45, 2.75) is 44.3 Å². The van der Waals surface area contributed by atoms with E-state index in [0.717, 1.165) is 0 Å². The van der Waals surface area contributed by atoms with Crippen LogP contribution >= 0.6 is 0 Å². The number of carbonyl (C=O) groups is 1. The number of nitrogens with two attached hydrogens (primary N) is 1. The van der Waals surface area contributed by atoms with Gasteiger partial charge in [0, 0.05) is 6.54 Å². The Labute approximate surface area is 130 Å². The van der Waals surface area contributed by atoms with Gasteiger partial charge in [0.05, 0.1) is 12.1 Å². The van der Waals surface area contributed by atoms with Gasteiger partial charge in [-0.05, 0) is 13.0 Å². The maximum atomic E-state index is 11.4. The number of carbonyl (C=O) groups excluding carboxylic acids is 1. The SMILES string of the molecule is C#COCC(O)C(O)C(O)C(O)CN(C)C(C(N)=O)C(C)C. The average Bonchev–Trinajstić information content (AvgIpc) is 2.41. The second-order valence-electron chi connectivity index (χ2n) is 5.58. The van der Waals surface area contributed by atoms with E-state index in [-0.39, 0.29) is 19.1 Å². The van der Waals surface area contributed by atoms with Crippen LogP contribution in [0.1, 0.15) is 13.8 Å². The van der Waals surface area contributed by atoms with Crippen molar-refractivity contribution in [1.82, 2.24) is 4.90 Å². The second kappa shape index (κ2) is 9.61. The highest BCUT2D eigenvalue weighted by Crippen LogP contribution is 2.12.